The summed E-state index contributed by atoms with van der Waals surface area (Å²) in [5.74, 6) is -0.429. The zero-order chi connectivity index (χ0) is 10.9. The predicted octanol–water partition coefficient (Wildman–Crippen LogP) is 1.13. The van der Waals surface area contributed by atoms with Gasteiger partial charge in [-0.3, -0.25) is 4.79 Å². The van der Waals surface area contributed by atoms with Crippen LogP contribution in [0.5, 0.6) is 5.75 Å². The maximum atomic E-state index is 10.7. The van der Waals surface area contributed by atoms with Gasteiger partial charge in [-0.1, -0.05) is 18.2 Å². The molecular formula is C11H12O4. The minimum atomic E-state index is -1.29. The van der Waals surface area contributed by atoms with Gasteiger partial charge in [0.05, 0.1) is 13.0 Å². The second-order valence-electron chi connectivity index (χ2n) is 3.70. The fourth-order valence-electron chi connectivity index (χ4n) is 1.88. The third-order valence-corrected chi connectivity index (χ3v) is 2.61. The van der Waals surface area contributed by atoms with E-state index in [1.165, 1.54) is 0 Å². The van der Waals surface area contributed by atoms with Crippen molar-refractivity contribution in [1.29, 1.82) is 0 Å². The molecule has 0 aliphatic carbocycles. The first-order chi connectivity index (χ1) is 7.12. The molecule has 15 heavy (non-hydrogen) atoms. The number of aliphatic hydroxyl groups is 1. The molecule has 2 N–H and O–H groups in total. The predicted molar refractivity (Wildman–Crippen MR) is 52.7 cm³/mol. The Morgan fingerprint density at radius 1 is 1.47 bits per heavy atom. The SMILES string of the molecule is O=C(O)C[C@]1(O)CCOc2ccccc21. The van der Waals surface area contributed by atoms with E-state index in [4.69, 9.17) is 9.84 Å². The van der Waals surface area contributed by atoms with Crippen LogP contribution in [0.15, 0.2) is 24.3 Å². The van der Waals surface area contributed by atoms with Crippen LogP contribution < -0.4 is 4.74 Å². The molecule has 0 bridgehead atoms. The number of hydrogen-bond donors (Lipinski definition) is 2. The number of para-hydroxylation sites is 1. The lowest BCUT2D eigenvalue weighted by atomic mass is 9.85. The summed E-state index contributed by atoms with van der Waals surface area (Å²) in [5.41, 5.74) is -0.723. The molecule has 2 rings (SSSR count). The number of hydrogen-bond acceptors (Lipinski definition) is 3. The number of ether oxygens (including phenoxy) is 1. The molecule has 4 heteroatoms. The second kappa shape index (κ2) is 3.55. The molecule has 0 radical (unpaired) electrons. The van der Waals surface area contributed by atoms with Gasteiger partial charge >= 0.3 is 5.97 Å². The lowest BCUT2D eigenvalue weighted by molar-refractivity contribution is -0.144. The van der Waals surface area contributed by atoms with Crippen LogP contribution in [0.4, 0.5) is 0 Å². The molecule has 1 atom stereocenters. The van der Waals surface area contributed by atoms with Gasteiger partial charge in [-0.25, -0.2) is 0 Å². The minimum Gasteiger partial charge on any atom is -0.493 e. The highest BCUT2D eigenvalue weighted by molar-refractivity contribution is 5.69. The summed E-state index contributed by atoms with van der Waals surface area (Å²) >= 11 is 0. The van der Waals surface area contributed by atoms with Gasteiger partial charge in [-0.05, 0) is 6.07 Å². The van der Waals surface area contributed by atoms with Gasteiger partial charge in [0.1, 0.15) is 11.4 Å². The second-order valence-corrected chi connectivity index (χ2v) is 3.70. The Kier molecular flexibility index (Phi) is 2.36. The van der Waals surface area contributed by atoms with Gasteiger partial charge in [0.2, 0.25) is 0 Å². The van der Waals surface area contributed by atoms with Crippen molar-refractivity contribution in [3.8, 4) is 5.75 Å². The Morgan fingerprint density at radius 2 is 2.20 bits per heavy atom. The summed E-state index contributed by atoms with van der Waals surface area (Å²) in [7, 11) is 0. The molecule has 1 aromatic rings. The molecule has 80 valence electrons. The molecule has 1 aliphatic rings. The van der Waals surface area contributed by atoms with Crippen molar-refractivity contribution in [2.45, 2.75) is 18.4 Å². The van der Waals surface area contributed by atoms with Crippen molar-refractivity contribution in [2.24, 2.45) is 0 Å². The van der Waals surface area contributed by atoms with E-state index in [1.54, 1.807) is 24.3 Å². The number of benzene rings is 1. The Hall–Kier alpha value is -1.55. The molecular weight excluding hydrogens is 196 g/mol. The van der Waals surface area contributed by atoms with Gasteiger partial charge in [0.25, 0.3) is 0 Å². The minimum absolute atomic E-state index is 0.284. The van der Waals surface area contributed by atoms with Crippen molar-refractivity contribution in [3.63, 3.8) is 0 Å². The molecule has 0 unspecified atom stereocenters. The summed E-state index contributed by atoms with van der Waals surface area (Å²) in [6, 6.07) is 7.00. The van der Waals surface area contributed by atoms with Crippen LogP contribution in [0.3, 0.4) is 0 Å². The molecule has 1 aliphatic heterocycles. The largest absolute Gasteiger partial charge is 0.493 e. The molecule has 0 saturated carbocycles. The van der Waals surface area contributed by atoms with Gasteiger partial charge in [-0.15, -0.1) is 0 Å². The lowest BCUT2D eigenvalue weighted by Gasteiger charge is -2.33. The normalized spacial score (nSPS) is 24.1. The average molecular weight is 208 g/mol. The number of fused-ring (bicyclic) bond motifs is 1. The van der Waals surface area contributed by atoms with Gasteiger partial charge in [-0.2, -0.15) is 0 Å². The maximum Gasteiger partial charge on any atom is 0.306 e. The summed E-state index contributed by atoms with van der Waals surface area (Å²) < 4.78 is 5.35. The van der Waals surface area contributed by atoms with Crippen molar-refractivity contribution < 1.29 is 19.7 Å². The molecule has 0 amide bonds. The smallest absolute Gasteiger partial charge is 0.306 e. The van der Waals surface area contributed by atoms with Crippen LogP contribution in [-0.4, -0.2) is 22.8 Å². The first kappa shape index (κ1) is 9.98. The Labute approximate surface area is 87.1 Å². The van der Waals surface area contributed by atoms with Gasteiger partial charge in [0.15, 0.2) is 0 Å². The molecule has 0 saturated heterocycles. The van der Waals surface area contributed by atoms with Crippen molar-refractivity contribution in [3.05, 3.63) is 29.8 Å². The summed E-state index contributed by atoms with van der Waals surface area (Å²) in [6.45, 7) is 0.348. The maximum absolute atomic E-state index is 10.7. The summed E-state index contributed by atoms with van der Waals surface area (Å²) in [6.07, 6.45) is 0.0314. The highest BCUT2D eigenvalue weighted by Gasteiger charge is 2.37. The standard InChI is InChI=1S/C11H12O4/c12-10(13)7-11(14)5-6-15-9-4-2-1-3-8(9)11/h1-4,14H,5-7H2,(H,12,13)/t11-/m1/s1. The average Bonchev–Trinajstić information content (AvgIpc) is 2.17. The quantitative estimate of drug-likeness (QED) is 0.764. The Balaban J connectivity index is 2.40. The third-order valence-electron chi connectivity index (χ3n) is 2.61. The zero-order valence-corrected chi connectivity index (χ0v) is 8.14. The van der Waals surface area contributed by atoms with E-state index < -0.39 is 11.6 Å². The first-order valence-corrected chi connectivity index (χ1v) is 4.78. The topological polar surface area (TPSA) is 66.8 Å². The highest BCUT2D eigenvalue weighted by atomic mass is 16.5. The van der Waals surface area contributed by atoms with Crippen molar-refractivity contribution in [2.75, 3.05) is 6.61 Å². The van der Waals surface area contributed by atoms with Crippen molar-refractivity contribution in [1.82, 2.24) is 0 Å². The first-order valence-electron chi connectivity index (χ1n) is 4.78. The number of carbonyl (C=O) groups is 1. The van der Waals surface area contributed by atoms with E-state index in [1.807, 2.05) is 0 Å². The monoisotopic (exact) mass is 208 g/mol. The fraction of sp³-hybridized carbons (Fsp3) is 0.364. The number of carboxylic acid groups (broad SMARTS) is 1. The summed E-state index contributed by atoms with van der Waals surface area (Å²) in [4.78, 5) is 10.7. The summed E-state index contributed by atoms with van der Waals surface area (Å²) in [5, 5.41) is 19.0. The number of rotatable bonds is 2. The van der Waals surface area contributed by atoms with E-state index in [0.717, 1.165) is 0 Å². The van der Waals surface area contributed by atoms with E-state index >= 15 is 0 Å². The third kappa shape index (κ3) is 1.80. The molecule has 4 nitrogen and oxygen atoms in total. The molecule has 0 spiro atoms. The molecule has 1 heterocycles. The van der Waals surface area contributed by atoms with E-state index in [-0.39, 0.29) is 6.42 Å². The fourth-order valence-corrected chi connectivity index (χ4v) is 1.88. The molecule has 0 fully saturated rings. The number of aliphatic carboxylic acids is 1. The molecule has 0 aromatic heterocycles. The van der Waals surface area contributed by atoms with Crippen LogP contribution in [-0.2, 0) is 10.4 Å². The van der Waals surface area contributed by atoms with Crippen molar-refractivity contribution >= 4 is 5.97 Å². The van der Waals surface area contributed by atoms with E-state index in [9.17, 15) is 9.90 Å². The number of carboxylic acids is 1. The van der Waals surface area contributed by atoms with Crippen LogP contribution >= 0.6 is 0 Å². The van der Waals surface area contributed by atoms with Crippen LogP contribution in [0.25, 0.3) is 0 Å². The van der Waals surface area contributed by atoms with E-state index in [0.29, 0.717) is 24.3 Å². The van der Waals surface area contributed by atoms with E-state index in [2.05, 4.69) is 0 Å². The highest BCUT2D eigenvalue weighted by Crippen LogP contribution is 2.38. The van der Waals surface area contributed by atoms with Crippen LogP contribution in [0.1, 0.15) is 18.4 Å². The Bertz CT molecular complexity index is 388. The van der Waals surface area contributed by atoms with Gasteiger partial charge < -0.3 is 14.9 Å². The Morgan fingerprint density at radius 3 is 2.93 bits per heavy atom. The lowest BCUT2D eigenvalue weighted by Crippen LogP contribution is -2.34. The van der Waals surface area contributed by atoms with Crippen LogP contribution in [0.2, 0.25) is 0 Å². The molecule has 1 aromatic carbocycles. The zero-order valence-electron chi connectivity index (χ0n) is 8.14. The van der Waals surface area contributed by atoms with Crippen LogP contribution in [0, 0.1) is 0 Å². The van der Waals surface area contributed by atoms with Gasteiger partial charge in [0, 0.05) is 12.0 Å².